The molecule has 0 saturated heterocycles. The Hall–Kier alpha value is -2.89. The van der Waals surface area contributed by atoms with Crippen molar-refractivity contribution in [2.45, 2.75) is 40.5 Å². The summed E-state index contributed by atoms with van der Waals surface area (Å²) in [5.41, 5.74) is 6.40. The van der Waals surface area contributed by atoms with Gasteiger partial charge in [-0.1, -0.05) is 12.1 Å². The van der Waals surface area contributed by atoms with Crippen molar-refractivity contribution in [1.82, 2.24) is 20.0 Å². The van der Waals surface area contributed by atoms with Crippen LogP contribution in [0, 0.1) is 13.8 Å². The largest absolute Gasteiger partial charge is 0.488 e. The van der Waals surface area contributed by atoms with Crippen LogP contribution in [0.2, 0.25) is 0 Å². The monoisotopic (exact) mass is 335 g/mol. The van der Waals surface area contributed by atoms with Crippen LogP contribution in [0.15, 0.2) is 30.3 Å². The maximum atomic E-state index is 5.81. The normalized spacial score (nSPS) is 12.3. The Labute approximate surface area is 146 Å². The number of benzene rings is 1. The molecule has 1 aliphatic heterocycles. The maximum absolute atomic E-state index is 5.81. The quantitative estimate of drug-likeness (QED) is 0.791. The van der Waals surface area contributed by atoms with Crippen LogP contribution < -0.4 is 10.1 Å². The lowest BCUT2D eigenvalue weighted by Crippen LogP contribution is -2.11. The van der Waals surface area contributed by atoms with Crippen LogP contribution in [-0.4, -0.2) is 20.0 Å². The van der Waals surface area contributed by atoms with E-state index < -0.39 is 0 Å². The van der Waals surface area contributed by atoms with Gasteiger partial charge in [-0.25, -0.2) is 0 Å². The number of aromatic nitrogens is 4. The topological polar surface area (TPSA) is 64.9 Å². The van der Waals surface area contributed by atoms with Crippen molar-refractivity contribution >= 4 is 5.82 Å². The minimum Gasteiger partial charge on any atom is -0.488 e. The molecular weight excluding hydrogens is 314 g/mol. The highest BCUT2D eigenvalue weighted by molar-refractivity contribution is 5.72. The smallest absolute Gasteiger partial charge is 0.149 e. The van der Waals surface area contributed by atoms with Gasteiger partial charge in [-0.3, -0.25) is 4.68 Å². The molecule has 1 aliphatic rings. The van der Waals surface area contributed by atoms with Crippen molar-refractivity contribution in [1.29, 1.82) is 0 Å². The van der Waals surface area contributed by atoms with Gasteiger partial charge in [0.05, 0.1) is 5.69 Å². The van der Waals surface area contributed by atoms with E-state index in [0.29, 0.717) is 13.2 Å². The van der Waals surface area contributed by atoms with E-state index in [0.717, 1.165) is 40.6 Å². The molecule has 3 heterocycles. The second kappa shape index (κ2) is 6.20. The number of fused-ring (bicyclic) bond motifs is 3. The Morgan fingerprint density at radius 1 is 1.20 bits per heavy atom. The number of rotatable bonds is 4. The van der Waals surface area contributed by atoms with Gasteiger partial charge < -0.3 is 10.1 Å². The molecule has 4 rings (SSSR count). The lowest BCUT2D eigenvalue weighted by atomic mass is 10.0. The molecule has 25 heavy (non-hydrogen) atoms. The lowest BCUT2D eigenvalue weighted by molar-refractivity contribution is 0.301. The highest BCUT2D eigenvalue weighted by atomic mass is 16.5. The van der Waals surface area contributed by atoms with Crippen molar-refractivity contribution in [3.8, 4) is 17.0 Å². The molecule has 1 N–H and O–H groups in total. The van der Waals surface area contributed by atoms with Gasteiger partial charge in [0, 0.05) is 35.5 Å². The number of aryl methyl sites for hydroxylation is 2. The summed E-state index contributed by atoms with van der Waals surface area (Å²) < 4.78 is 7.84. The number of para-hydroxylation sites is 1. The minimum absolute atomic E-state index is 0.516. The molecule has 3 aromatic rings. The number of nitrogens with one attached hydrogen (secondary N) is 1. The predicted octanol–water partition coefficient (Wildman–Crippen LogP) is 3.48. The number of anilines is 1. The molecule has 0 aliphatic carbocycles. The second-order valence-corrected chi connectivity index (χ2v) is 6.21. The molecule has 0 saturated carbocycles. The Bertz CT molecular complexity index is 932. The van der Waals surface area contributed by atoms with Crippen molar-refractivity contribution in [2.75, 3.05) is 5.32 Å². The average Bonchev–Trinajstić information content (AvgIpc) is 2.92. The van der Waals surface area contributed by atoms with Crippen LogP contribution in [-0.2, 0) is 19.7 Å². The van der Waals surface area contributed by atoms with Crippen molar-refractivity contribution in [3.05, 3.63) is 52.8 Å². The molecule has 0 amide bonds. The summed E-state index contributed by atoms with van der Waals surface area (Å²) in [6, 6.07) is 9.95. The fourth-order valence-electron chi connectivity index (χ4n) is 3.27. The van der Waals surface area contributed by atoms with E-state index in [1.165, 1.54) is 11.3 Å². The third kappa shape index (κ3) is 2.73. The summed E-state index contributed by atoms with van der Waals surface area (Å²) in [5, 5.41) is 16.7. The van der Waals surface area contributed by atoms with Crippen LogP contribution in [0.1, 0.15) is 29.4 Å². The zero-order valence-electron chi connectivity index (χ0n) is 14.7. The van der Waals surface area contributed by atoms with Crippen LogP contribution in [0.4, 0.5) is 5.82 Å². The van der Waals surface area contributed by atoms with E-state index in [-0.39, 0.29) is 0 Å². The summed E-state index contributed by atoms with van der Waals surface area (Å²) in [6.45, 7) is 8.32. The first-order valence-corrected chi connectivity index (χ1v) is 8.53. The standard InChI is InChI=1S/C19H21N5O/c1-4-24-13(3)16(12(2)23-24)10-20-18-9-14-11-25-17-8-6-5-7-15(17)19(14)22-21-18/h5-9H,4,10-11H2,1-3H3,(H,20,21). The molecular formula is C19H21N5O. The molecule has 0 radical (unpaired) electrons. The van der Waals surface area contributed by atoms with Gasteiger partial charge in [0.25, 0.3) is 0 Å². The van der Waals surface area contributed by atoms with Gasteiger partial charge in [-0.15, -0.1) is 10.2 Å². The SMILES string of the molecule is CCn1nc(C)c(CNc2cc3c(nn2)-c2ccccc2OC3)c1C. The third-order valence-electron chi connectivity index (χ3n) is 4.68. The van der Waals surface area contributed by atoms with E-state index in [4.69, 9.17) is 4.74 Å². The Balaban J connectivity index is 1.57. The van der Waals surface area contributed by atoms with E-state index in [2.05, 4.69) is 34.5 Å². The highest BCUT2D eigenvalue weighted by Gasteiger charge is 2.19. The molecule has 0 spiro atoms. The average molecular weight is 335 g/mol. The second-order valence-electron chi connectivity index (χ2n) is 6.21. The zero-order chi connectivity index (χ0) is 17.4. The molecule has 0 atom stereocenters. The fourth-order valence-corrected chi connectivity index (χ4v) is 3.27. The van der Waals surface area contributed by atoms with Gasteiger partial charge >= 0.3 is 0 Å². The Kier molecular flexibility index (Phi) is 3.87. The Morgan fingerprint density at radius 2 is 2.04 bits per heavy atom. The molecule has 6 nitrogen and oxygen atoms in total. The van der Waals surface area contributed by atoms with Gasteiger partial charge in [-0.05, 0) is 39.0 Å². The summed E-state index contributed by atoms with van der Waals surface area (Å²) in [6.07, 6.45) is 0. The summed E-state index contributed by atoms with van der Waals surface area (Å²) in [4.78, 5) is 0. The molecule has 1 aromatic carbocycles. The molecule has 0 bridgehead atoms. The van der Waals surface area contributed by atoms with E-state index in [9.17, 15) is 0 Å². The van der Waals surface area contributed by atoms with E-state index in [1.54, 1.807) is 0 Å². The van der Waals surface area contributed by atoms with Crippen molar-refractivity contribution in [3.63, 3.8) is 0 Å². The first kappa shape index (κ1) is 15.6. The number of hydrogen-bond donors (Lipinski definition) is 1. The number of hydrogen-bond acceptors (Lipinski definition) is 5. The van der Waals surface area contributed by atoms with Crippen LogP contribution >= 0.6 is 0 Å². The number of ether oxygens (including phenoxy) is 1. The molecule has 128 valence electrons. The molecule has 0 fully saturated rings. The zero-order valence-corrected chi connectivity index (χ0v) is 14.7. The highest BCUT2D eigenvalue weighted by Crippen LogP contribution is 2.35. The van der Waals surface area contributed by atoms with E-state index in [1.807, 2.05) is 41.9 Å². The fraction of sp³-hybridized carbons (Fsp3) is 0.316. The van der Waals surface area contributed by atoms with Crippen molar-refractivity contribution < 1.29 is 4.74 Å². The summed E-state index contributed by atoms with van der Waals surface area (Å²) in [7, 11) is 0. The first-order chi connectivity index (χ1) is 12.2. The maximum Gasteiger partial charge on any atom is 0.149 e. The van der Waals surface area contributed by atoms with Crippen molar-refractivity contribution in [2.24, 2.45) is 0 Å². The van der Waals surface area contributed by atoms with Crippen LogP contribution in [0.5, 0.6) is 5.75 Å². The summed E-state index contributed by atoms with van der Waals surface area (Å²) in [5.74, 6) is 1.62. The summed E-state index contributed by atoms with van der Waals surface area (Å²) >= 11 is 0. The number of nitrogens with zero attached hydrogens (tertiary/aromatic N) is 4. The molecule has 0 unspecified atom stereocenters. The third-order valence-corrected chi connectivity index (χ3v) is 4.68. The van der Waals surface area contributed by atoms with Crippen LogP contribution in [0.3, 0.4) is 0 Å². The Morgan fingerprint density at radius 3 is 2.84 bits per heavy atom. The van der Waals surface area contributed by atoms with Crippen LogP contribution in [0.25, 0.3) is 11.3 Å². The lowest BCUT2D eigenvalue weighted by Gasteiger charge is -2.19. The predicted molar refractivity (Wildman–Crippen MR) is 96.5 cm³/mol. The van der Waals surface area contributed by atoms with Gasteiger partial charge in [0.2, 0.25) is 0 Å². The first-order valence-electron chi connectivity index (χ1n) is 8.53. The van der Waals surface area contributed by atoms with Gasteiger partial charge in [-0.2, -0.15) is 5.10 Å². The minimum atomic E-state index is 0.516. The van der Waals surface area contributed by atoms with Gasteiger partial charge in [0.1, 0.15) is 23.9 Å². The molecule has 6 heteroatoms. The molecule has 2 aromatic heterocycles. The van der Waals surface area contributed by atoms with E-state index >= 15 is 0 Å². The van der Waals surface area contributed by atoms with Gasteiger partial charge in [0.15, 0.2) is 0 Å².